The molecule has 0 unspecified atom stereocenters. The Kier molecular flexibility index (Phi) is 6.74. The molecule has 0 saturated heterocycles. The Labute approximate surface area is 159 Å². The summed E-state index contributed by atoms with van der Waals surface area (Å²) in [4.78, 5) is 12.5. The third-order valence-corrected chi connectivity index (χ3v) is 4.88. The molecule has 0 aliphatic heterocycles. The van der Waals surface area contributed by atoms with E-state index < -0.39 is 23.2 Å². The number of nitrogens with one attached hydrogen (secondary N) is 1. The molecule has 2 aromatic rings. The summed E-state index contributed by atoms with van der Waals surface area (Å²) in [7, 11) is 0. The number of carbonyl (C=O) groups excluding carboxylic acids is 1. The molecule has 0 heterocycles. The Balaban J connectivity index is 2.20. The van der Waals surface area contributed by atoms with Crippen LogP contribution in [0.4, 0.5) is 32.0 Å². The molecule has 2 aromatic carbocycles. The summed E-state index contributed by atoms with van der Waals surface area (Å²) in [6.45, 7) is 1.74. The van der Waals surface area contributed by atoms with E-state index in [0.717, 1.165) is 30.0 Å². The Bertz CT molecular complexity index is 803. The Morgan fingerprint density at radius 1 is 1.00 bits per heavy atom. The van der Waals surface area contributed by atoms with Crippen LogP contribution in [-0.2, 0) is 6.18 Å². The Morgan fingerprint density at radius 3 is 2.15 bits per heavy atom. The molecule has 0 aliphatic rings. The third-order valence-electron chi connectivity index (χ3n) is 3.20. The first-order valence-electron chi connectivity index (χ1n) is 7.51. The molecule has 10 heteroatoms. The van der Waals surface area contributed by atoms with E-state index in [2.05, 4.69) is 5.32 Å². The smallest absolute Gasteiger partial charge is 0.322 e. The summed E-state index contributed by atoms with van der Waals surface area (Å²) in [6, 6.07) is 7.80. The molecule has 0 aromatic heterocycles. The third kappa shape index (κ3) is 6.39. The number of rotatable bonds is 5. The molecule has 0 atom stereocenters. The first-order chi connectivity index (χ1) is 12.5. The van der Waals surface area contributed by atoms with Crippen molar-refractivity contribution in [2.24, 2.45) is 0 Å². The highest BCUT2D eigenvalue weighted by Gasteiger charge is 2.31. The van der Waals surface area contributed by atoms with Crippen LogP contribution < -0.4 is 5.32 Å². The fraction of sp³-hybridized carbons (Fsp3) is 0.235. The average molecular weight is 425 g/mol. The maximum Gasteiger partial charge on any atom is 0.446 e. The van der Waals surface area contributed by atoms with Crippen LogP contribution in [0.15, 0.2) is 52.3 Å². The molecule has 0 saturated carbocycles. The fourth-order valence-corrected chi connectivity index (χ4v) is 3.48. The standard InChI is InChI=1S/C17H13F6NOS2/c1-2-26-14-9-10(16(18,19)20)3-8-13(14)15(25)24-11-4-6-12(7-5-11)27-17(21,22)23/h3-9H,2H2,1H3,(H,24,25). The van der Waals surface area contributed by atoms with E-state index in [1.165, 1.54) is 24.3 Å². The summed E-state index contributed by atoms with van der Waals surface area (Å²) < 4.78 is 75.5. The van der Waals surface area contributed by atoms with Gasteiger partial charge < -0.3 is 5.32 Å². The molecule has 2 rings (SSSR count). The van der Waals surface area contributed by atoms with Crippen molar-refractivity contribution in [1.29, 1.82) is 0 Å². The molecule has 0 bridgehead atoms. The summed E-state index contributed by atoms with van der Waals surface area (Å²) in [5.74, 6) is -0.179. The van der Waals surface area contributed by atoms with Gasteiger partial charge in [-0.2, -0.15) is 26.3 Å². The van der Waals surface area contributed by atoms with Crippen molar-refractivity contribution in [3.63, 3.8) is 0 Å². The molecule has 0 aliphatic carbocycles. The SMILES string of the molecule is CCSc1cc(C(F)(F)F)ccc1C(=O)Nc1ccc(SC(F)(F)F)cc1. The molecule has 0 spiro atoms. The lowest BCUT2D eigenvalue weighted by Crippen LogP contribution is -2.14. The molecule has 2 nitrogen and oxygen atoms in total. The number of benzene rings is 2. The highest BCUT2D eigenvalue weighted by molar-refractivity contribution is 8.00. The van der Waals surface area contributed by atoms with Crippen LogP contribution in [0.2, 0.25) is 0 Å². The average Bonchev–Trinajstić information content (AvgIpc) is 2.54. The van der Waals surface area contributed by atoms with Crippen molar-refractivity contribution in [3.8, 4) is 0 Å². The van der Waals surface area contributed by atoms with Crippen molar-refractivity contribution in [1.82, 2.24) is 0 Å². The summed E-state index contributed by atoms with van der Waals surface area (Å²) in [6.07, 6.45) is -4.52. The topological polar surface area (TPSA) is 29.1 Å². The summed E-state index contributed by atoms with van der Waals surface area (Å²) in [5, 5.41) is 2.48. The Hall–Kier alpha value is -1.81. The minimum absolute atomic E-state index is 0.0442. The summed E-state index contributed by atoms with van der Waals surface area (Å²) >= 11 is 0.806. The number of amides is 1. The van der Waals surface area contributed by atoms with Gasteiger partial charge in [-0.25, -0.2) is 0 Å². The molecule has 0 radical (unpaired) electrons. The largest absolute Gasteiger partial charge is 0.446 e. The Morgan fingerprint density at radius 2 is 1.63 bits per heavy atom. The number of anilines is 1. The summed E-state index contributed by atoms with van der Waals surface area (Å²) in [5.41, 5.74) is -4.98. The van der Waals surface area contributed by atoms with Gasteiger partial charge in [0.25, 0.3) is 5.91 Å². The van der Waals surface area contributed by atoms with Gasteiger partial charge in [-0.15, -0.1) is 11.8 Å². The van der Waals surface area contributed by atoms with E-state index in [1.54, 1.807) is 6.92 Å². The van der Waals surface area contributed by atoms with E-state index in [9.17, 15) is 31.1 Å². The van der Waals surface area contributed by atoms with Gasteiger partial charge in [0, 0.05) is 15.5 Å². The number of hydrogen-bond donors (Lipinski definition) is 1. The lowest BCUT2D eigenvalue weighted by molar-refractivity contribution is -0.137. The van der Waals surface area contributed by atoms with Gasteiger partial charge in [0.1, 0.15) is 0 Å². The number of halogens is 6. The lowest BCUT2D eigenvalue weighted by atomic mass is 10.1. The number of alkyl halides is 6. The zero-order valence-corrected chi connectivity index (χ0v) is 15.4. The quantitative estimate of drug-likeness (QED) is 0.428. The fourth-order valence-electron chi connectivity index (χ4n) is 2.10. The van der Waals surface area contributed by atoms with E-state index >= 15 is 0 Å². The predicted octanol–water partition coefficient (Wildman–Crippen LogP) is 6.68. The minimum atomic E-state index is -4.52. The van der Waals surface area contributed by atoms with Crippen LogP contribution in [0, 0.1) is 0 Å². The predicted molar refractivity (Wildman–Crippen MR) is 94.1 cm³/mol. The maximum atomic E-state index is 12.9. The first kappa shape index (κ1) is 21.5. The van der Waals surface area contributed by atoms with E-state index in [1.807, 2.05) is 0 Å². The van der Waals surface area contributed by atoms with E-state index in [0.29, 0.717) is 5.75 Å². The van der Waals surface area contributed by atoms with Crippen LogP contribution in [0.25, 0.3) is 0 Å². The highest BCUT2D eigenvalue weighted by Crippen LogP contribution is 2.37. The number of carbonyl (C=O) groups is 1. The van der Waals surface area contributed by atoms with Gasteiger partial charge in [-0.1, -0.05) is 6.92 Å². The van der Waals surface area contributed by atoms with Gasteiger partial charge >= 0.3 is 11.7 Å². The molecule has 1 amide bonds. The van der Waals surface area contributed by atoms with Crippen LogP contribution in [0.3, 0.4) is 0 Å². The van der Waals surface area contributed by atoms with Crippen molar-refractivity contribution >= 4 is 35.1 Å². The van der Waals surface area contributed by atoms with Crippen LogP contribution >= 0.6 is 23.5 Å². The molecule has 0 fully saturated rings. The van der Waals surface area contributed by atoms with Gasteiger partial charge in [0.2, 0.25) is 0 Å². The van der Waals surface area contributed by atoms with Crippen molar-refractivity contribution < 1.29 is 31.1 Å². The molecule has 1 N–H and O–H groups in total. The van der Waals surface area contributed by atoms with Crippen LogP contribution in [-0.4, -0.2) is 17.2 Å². The monoisotopic (exact) mass is 425 g/mol. The van der Waals surface area contributed by atoms with Crippen LogP contribution in [0.1, 0.15) is 22.8 Å². The number of hydrogen-bond acceptors (Lipinski definition) is 3. The molecular formula is C17H13F6NOS2. The first-order valence-corrected chi connectivity index (χ1v) is 9.31. The van der Waals surface area contributed by atoms with Gasteiger partial charge in [0.15, 0.2) is 0 Å². The highest BCUT2D eigenvalue weighted by atomic mass is 32.2. The lowest BCUT2D eigenvalue weighted by Gasteiger charge is -2.13. The second kappa shape index (κ2) is 8.47. The van der Waals surface area contributed by atoms with Gasteiger partial charge in [-0.05, 0) is 60.0 Å². The normalized spacial score (nSPS) is 12.1. The zero-order chi connectivity index (χ0) is 20.2. The van der Waals surface area contributed by atoms with Crippen molar-refractivity contribution in [2.45, 2.75) is 28.4 Å². The second-order valence-electron chi connectivity index (χ2n) is 5.17. The van der Waals surface area contributed by atoms with E-state index in [-0.39, 0.29) is 32.8 Å². The van der Waals surface area contributed by atoms with Crippen molar-refractivity contribution in [2.75, 3.05) is 11.1 Å². The maximum absolute atomic E-state index is 12.9. The second-order valence-corrected chi connectivity index (χ2v) is 7.61. The molecule has 27 heavy (non-hydrogen) atoms. The van der Waals surface area contributed by atoms with Gasteiger partial charge in [0.05, 0.1) is 11.1 Å². The minimum Gasteiger partial charge on any atom is -0.322 e. The van der Waals surface area contributed by atoms with E-state index in [4.69, 9.17) is 0 Å². The van der Waals surface area contributed by atoms with Gasteiger partial charge in [-0.3, -0.25) is 4.79 Å². The van der Waals surface area contributed by atoms with Crippen molar-refractivity contribution in [3.05, 3.63) is 53.6 Å². The van der Waals surface area contributed by atoms with Crippen LogP contribution in [0.5, 0.6) is 0 Å². The molecular weight excluding hydrogens is 412 g/mol. The number of thioether (sulfide) groups is 2. The zero-order valence-electron chi connectivity index (χ0n) is 13.7. The molecule has 146 valence electrons.